The maximum absolute atomic E-state index is 13.0. The fourth-order valence-electron chi connectivity index (χ4n) is 3.28. The molecule has 5 rings (SSSR count). The number of pyridine rings is 1. The van der Waals surface area contributed by atoms with Gasteiger partial charge in [-0.3, -0.25) is 9.59 Å². The van der Waals surface area contributed by atoms with E-state index in [1.165, 1.54) is 11.8 Å². The average molecular weight is 478 g/mol. The van der Waals surface area contributed by atoms with Crippen molar-refractivity contribution in [3.63, 3.8) is 0 Å². The number of hydrogen-bond donors (Lipinski definition) is 2. The van der Waals surface area contributed by atoms with E-state index in [2.05, 4.69) is 20.7 Å². The van der Waals surface area contributed by atoms with Crippen molar-refractivity contribution in [2.75, 3.05) is 23.2 Å². The van der Waals surface area contributed by atoms with Gasteiger partial charge in [0, 0.05) is 24.0 Å². The highest BCUT2D eigenvalue weighted by atomic mass is 32.2. The van der Waals surface area contributed by atoms with Crippen LogP contribution in [0.4, 0.5) is 11.5 Å². The second-order valence-electron chi connectivity index (χ2n) is 7.17. The summed E-state index contributed by atoms with van der Waals surface area (Å²) in [6.07, 6.45) is 4.76. The Morgan fingerprint density at radius 3 is 2.82 bits per heavy atom. The summed E-state index contributed by atoms with van der Waals surface area (Å²) < 4.78 is 17.6. The lowest BCUT2D eigenvalue weighted by atomic mass is 10.2. The van der Waals surface area contributed by atoms with Crippen LogP contribution in [0.3, 0.4) is 0 Å². The second kappa shape index (κ2) is 9.71. The van der Waals surface area contributed by atoms with Gasteiger partial charge in [-0.05, 0) is 36.4 Å². The number of ether oxygens (including phenoxy) is 2. The summed E-state index contributed by atoms with van der Waals surface area (Å²) >= 11 is 1.17. The van der Waals surface area contributed by atoms with Crippen LogP contribution in [0, 0.1) is 0 Å². The predicted molar refractivity (Wildman–Crippen MR) is 124 cm³/mol. The van der Waals surface area contributed by atoms with Gasteiger partial charge in [0.1, 0.15) is 23.1 Å². The molecular weight excluding hydrogens is 458 g/mol. The molecule has 4 heterocycles. The van der Waals surface area contributed by atoms with Crippen LogP contribution in [0.1, 0.15) is 16.1 Å². The number of carbonyl (C=O) groups excluding carboxylic acids is 2. The van der Waals surface area contributed by atoms with Gasteiger partial charge in [-0.2, -0.15) is 5.10 Å². The molecule has 11 heteroatoms. The number of hydrogen-bond acceptors (Lipinski definition) is 8. The van der Waals surface area contributed by atoms with Gasteiger partial charge in [-0.1, -0.05) is 11.8 Å². The Bertz CT molecular complexity index is 1320. The van der Waals surface area contributed by atoms with Gasteiger partial charge in [0.15, 0.2) is 11.5 Å². The van der Waals surface area contributed by atoms with Gasteiger partial charge in [-0.15, -0.1) is 0 Å². The third kappa shape index (κ3) is 4.89. The summed E-state index contributed by atoms with van der Waals surface area (Å²) in [5.74, 6) is 1.93. The van der Waals surface area contributed by atoms with Crippen molar-refractivity contribution in [2.45, 2.75) is 11.6 Å². The molecule has 1 aliphatic rings. The molecule has 0 saturated heterocycles. The Balaban J connectivity index is 1.22. The number of nitrogens with one attached hydrogen (secondary N) is 2. The van der Waals surface area contributed by atoms with E-state index in [1.807, 2.05) is 6.07 Å². The highest BCUT2D eigenvalue weighted by molar-refractivity contribution is 8.00. The number of benzene rings is 1. The van der Waals surface area contributed by atoms with Crippen LogP contribution >= 0.6 is 11.8 Å². The molecule has 0 unspecified atom stereocenters. The van der Waals surface area contributed by atoms with Crippen LogP contribution in [0.2, 0.25) is 0 Å². The van der Waals surface area contributed by atoms with Crippen molar-refractivity contribution in [1.29, 1.82) is 0 Å². The fraction of sp³-hybridized carbons (Fsp3) is 0.130. The number of carbonyl (C=O) groups is 2. The van der Waals surface area contributed by atoms with E-state index in [0.717, 1.165) is 0 Å². The van der Waals surface area contributed by atoms with Gasteiger partial charge in [0.2, 0.25) is 12.7 Å². The van der Waals surface area contributed by atoms with E-state index >= 15 is 0 Å². The number of nitrogens with zero attached hydrogens (tertiary/aromatic N) is 3. The maximum atomic E-state index is 13.0. The molecular formula is C23H19N5O5S. The summed E-state index contributed by atoms with van der Waals surface area (Å²) in [7, 11) is 0. The molecule has 0 radical (unpaired) electrons. The van der Waals surface area contributed by atoms with E-state index < -0.39 is 0 Å². The first kappa shape index (κ1) is 21.6. The third-order valence-electron chi connectivity index (χ3n) is 4.86. The lowest BCUT2D eigenvalue weighted by Gasteiger charge is -2.11. The standard InChI is InChI=1S/C23H19N5O5S/c29-21(26-15-5-6-18-19(11-15)33-14-32-18)13-34-23-17(4-1-8-24-23)22(30)27-20-7-9-25-28(20)12-16-3-2-10-31-16/h1-11H,12-14H2,(H,26,29)(H,27,30). The molecule has 2 N–H and O–H groups in total. The summed E-state index contributed by atoms with van der Waals surface area (Å²) in [5, 5.41) is 10.3. The molecule has 1 aliphatic heterocycles. The van der Waals surface area contributed by atoms with E-state index in [4.69, 9.17) is 13.9 Å². The second-order valence-corrected chi connectivity index (χ2v) is 8.13. The van der Waals surface area contributed by atoms with Gasteiger partial charge in [0.05, 0.1) is 23.8 Å². The Kier molecular flexibility index (Phi) is 6.17. The number of fused-ring (bicyclic) bond motifs is 1. The largest absolute Gasteiger partial charge is 0.467 e. The van der Waals surface area contributed by atoms with E-state index in [9.17, 15) is 9.59 Å². The number of thioether (sulfide) groups is 1. The Morgan fingerprint density at radius 1 is 1.03 bits per heavy atom. The van der Waals surface area contributed by atoms with Crippen LogP contribution in [-0.4, -0.2) is 39.1 Å². The van der Waals surface area contributed by atoms with Crippen LogP contribution in [0.25, 0.3) is 0 Å². The molecule has 0 aliphatic carbocycles. The van der Waals surface area contributed by atoms with Crippen molar-refractivity contribution in [1.82, 2.24) is 14.8 Å². The number of aromatic nitrogens is 3. The highest BCUT2D eigenvalue weighted by Gasteiger charge is 2.18. The van der Waals surface area contributed by atoms with E-state index in [0.29, 0.717) is 45.9 Å². The Morgan fingerprint density at radius 2 is 1.94 bits per heavy atom. The van der Waals surface area contributed by atoms with Gasteiger partial charge in [-0.25, -0.2) is 9.67 Å². The molecule has 1 aromatic carbocycles. The van der Waals surface area contributed by atoms with Crippen LogP contribution in [0.15, 0.2) is 76.6 Å². The molecule has 172 valence electrons. The summed E-state index contributed by atoms with van der Waals surface area (Å²) in [6, 6.07) is 13.8. The summed E-state index contributed by atoms with van der Waals surface area (Å²) in [5.41, 5.74) is 0.952. The molecule has 0 saturated carbocycles. The molecule has 0 bridgehead atoms. The van der Waals surface area contributed by atoms with Crippen molar-refractivity contribution in [3.05, 3.63) is 78.5 Å². The first-order valence-corrected chi connectivity index (χ1v) is 11.3. The SMILES string of the molecule is O=C(CSc1ncccc1C(=O)Nc1ccnn1Cc1ccco1)Nc1ccc2c(c1)OCO2. The average Bonchev–Trinajstić information content (AvgIpc) is 3.61. The topological polar surface area (TPSA) is 121 Å². The van der Waals surface area contributed by atoms with E-state index in [-0.39, 0.29) is 24.4 Å². The molecule has 4 aromatic rings. The molecule has 0 atom stereocenters. The first-order valence-electron chi connectivity index (χ1n) is 10.3. The quantitative estimate of drug-likeness (QED) is 0.369. The van der Waals surface area contributed by atoms with Crippen molar-refractivity contribution < 1.29 is 23.5 Å². The van der Waals surface area contributed by atoms with Crippen LogP contribution in [-0.2, 0) is 11.3 Å². The van der Waals surface area contributed by atoms with Gasteiger partial charge >= 0.3 is 0 Å². The zero-order valence-corrected chi connectivity index (χ0v) is 18.6. The first-order chi connectivity index (χ1) is 16.7. The molecule has 0 fully saturated rings. The Labute approximate surface area is 198 Å². The van der Waals surface area contributed by atoms with E-state index in [1.54, 1.807) is 65.8 Å². The molecule has 34 heavy (non-hydrogen) atoms. The molecule has 3 aromatic heterocycles. The zero-order chi connectivity index (χ0) is 23.3. The monoisotopic (exact) mass is 477 g/mol. The smallest absolute Gasteiger partial charge is 0.259 e. The lowest BCUT2D eigenvalue weighted by molar-refractivity contribution is -0.113. The highest BCUT2D eigenvalue weighted by Crippen LogP contribution is 2.34. The summed E-state index contributed by atoms with van der Waals surface area (Å²) in [6.45, 7) is 0.543. The number of amides is 2. The van der Waals surface area contributed by atoms with Crippen LogP contribution in [0.5, 0.6) is 11.5 Å². The molecule has 10 nitrogen and oxygen atoms in total. The van der Waals surface area contributed by atoms with Crippen LogP contribution < -0.4 is 20.1 Å². The van der Waals surface area contributed by atoms with Gasteiger partial charge in [0.25, 0.3) is 5.91 Å². The molecule has 2 amide bonds. The normalized spacial score (nSPS) is 11.9. The third-order valence-corrected chi connectivity index (χ3v) is 5.86. The number of furan rings is 1. The number of anilines is 2. The minimum Gasteiger partial charge on any atom is -0.467 e. The summed E-state index contributed by atoms with van der Waals surface area (Å²) in [4.78, 5) is 29.7. The minimum absolute atomic E-state index is 0.0716. The Hall–Kier alpha value is -4.25. The van der Waals surface area contributed by atoms with Crippen molar-refractivity contribution >= 4 is 35.1 Å². The zero-order valence-electron chi connectivity index (χ0n) is 17.8. The molecule has 0 spiro atoms. The lowest BCUT2D eigenvalue weighted by Crippen LogP contribution is -2.18. The van der Waals surface area contributed by atoms with Crippen molar-refractivity contribution in [3.8, 4) is 11.5 Å². The number of rotatable bonds is 8. The predicted octanol–water partition coefficient (Wildman–Crippen LogP) is 3.63. The fourth-order valence-corrected chi connectivity index (χ4v) is 4.07. The maximum Gasteiger partial charge on any atom is 0.259 e. The minimum atomic E-state index is -0.354. The van der Waals surface area contributed by atoms with Gasteiger partial charge < -0.3 is 24.5 Å². The van der Waals surface area contributed by atoms with Crippen molar-refractivity contribution in [2.24, 2.45) is 0 Å².